The van der Waals surface area contributed by atoms with Crippen molar-refractivity contribution in [2.45, 2.75) is 13.1 Å². The van der Waals surface area contributed by atoms with Gasteiger partial charge >= 0.3 is 0 Å². The quantitative estimate of drug-likeness (QED) is 0.245. The molecule has 43 heavy (non-hydrogen) atoms. The number of nitrogens with one attached hydrogen (secondary N) is 2. The lowest BCUT2D eigenvalue weighted by molar-refractivity contribution is 0.0950. The number of nitrogens with zero attached hydrogens (tertiary/aromatic N) is 5. The number of anilines is 2. The molecule has 2 heterocycles. The zero-order valence-electron chi connectivity index (χ0n) is 23.6. The molecule has 0 saturated heterocycles. The first-order valence-corrected chi connectivity index (χ1v) is 13.5. The van der Waals surface area contributed by atoms with Gasteiger partial charge in [-0.25, -0.2) is 23.7 Å². The van der Waals surface area contributed by atoms with Gasteiger partial charge in [-0.05, 0) is 67.2 Å². The van der Waals surface area contributed by atoms with Crippen molar-refractivity contribution in [2.24, 2.45) is 0 Å². The number of carbonyl (C=O) groups is 1. The van der Waals surface area contributed by atoms with Gasteiger partial charge in [0.05, 0.1) is 12.1 Å². The highest BCUT2D eigenvalue weighted by atomic mass is 19.2. The van der Waals surface area contributed by atoms with Gasteiger partial charge in [0.25, 0.3) is 11.5 Å². The molecule has 0 spiro atoms. The fourth-order valence-electron chi connectivity index (χ4n) is 4.40. The summed E-state index contributed by atoms with van der Waals surface area (Å²) < 4.78 is 28.0. The minimum absolute atomic E-state index is 0.0356. The van der Waals surface area contributed by atoms with E-state index < -0.39 is 23.1 Å². The molecule has 2 aromatic heterocycles. The number of carbonyl (C=O) groups excluding carboxylic acids is 1. The molecule has 5 rings (SSSR count). The van der Waals surface area contributed by atoms with Crippen molar-refractivity contribution in [3.63, 3.8) is 0 Å². The van der Waals surface area contributed by atoms with Crippen LogP contribution in [0.25, 0.3) is 17.0 Å². The molecule has 218 valence electrons. The Bertz CT molecular complexity index is 1850. The third-order valence-electron chi connectivity index (χ3n) is 6.47. The number of hydrogen-bond donors (Lipinski definition) is 2. The lowest BCUT2D eigenvalue weighted by atomic mass is 10.1. The van der Waals surface area contributed by atoms with Crippen molar-refractivity contribution in [3.05, 3.63) is 130 Å². The zero-order valence-corrected chi connectivity index (χ0v) is 23.6. The first kappa shape index (κ1) is 29.2. The van der Waals surface area contributed by atoms with Crippen LogP contribution in [0.5, 0.6) is 0 Å². The Kier molecular flexibility index (Phi) is 8.92. The normalized spacial score (nSPS) is 11.4. The van der Waals surface area contributed by atoms with Gasteiger partial charge in [0.15, 0.2) is 17.3 Å². The Balaban J connectivity index is 1.18. The summed E-state index contributed by atoms with van der Waals surface area (Å²) >= 11 is 0. The van der Waals surface area contributed by atoms with Crippen molar-refractivity contribution in [1.29, 1.82) is 0 Å². The fraction of sp³-hybridized carbons (Fsp3) is 0.156. The van der Waals surface area contributed by atoms with E-state index in [0.717, 1.165) is 40.8 Å². The molecule has 0 radical (unpaired) electrons. The third-order valence-corrected chi connectivity index (χ3v) is 6.47. The van der Waals surface area contributed by atoms with E-state index in [-0.39, 0.29) is 18.8 Å². The topological polar surface area (TPSA) is 105 Å². The maximum atomic E-state index is 13.5. The Labute approximate surface area is 246 Å². The number of aromatic nitrogens is 4. The number of rotatable bonds is 10. The molecule has 0 saturated carbocycles. The molecular weight excluding hydrogens is 552 g/mol. The smallest absolute Gasteiger partial charge is 0.282 e. The molecule has 0 aliphatic carbocycles. The van der Waals surface area contributed by atoms with Crippen LogP contribution < -0.4 is 16.2 Å². The summed E-state index contributed by atoms with van der Waals surface area (Å²) in [4.78, 5) is 40.4. The van der Waals surface area contributed by atoms with Crippen molar-refractivity contribution in [1.82, 2.24) is 29.7 Å². The molecule has 3 aromatic carbocycles. The first-order valence-electron chi connectivity index (χ1n) is 13.5. The molecule has 0 fully saturated rings. The predicted molar refractivity (Wildman–Crippen MR) is 162 cm³/mol. The monoisotopic (exact) mass is 581 g/mol. The van der Waals surface area contributed by atoms with Crippen LogP contribution >= 0.6 is 0 Å². The highest BCUT2D eigenvalue weighted by molar-refractivity contribution is 5.92. The summed E-state index contributed by atoms with van der Waals surface area (Å²) in [7, 11) is 4.06. The van der Waals surface area contributed by atoms with Crippen molar-refractivity contribution >= 4 is 34.5 Å². The van der Waals surface area contributed by atoms with E-state index in [4.69, 9.17) is 0 Å². The molecule has 0 atom stereocenters. The molecule has 2 N–H and O–H groups in total. The standard InChI is InChI=1S/C32H29F2N7O2/c1-40(2)19-22-5-9-25(10-6-22)38-32-37-18-24-16-21(8-12-28(24)39-32)4-3-13-36-30(42)29-31(43)41(15-14-35-29)20-23-7-11-26(33)27(34)17-23/h3-12,14-18H,13,19-20H2,1-2H3,(H,36,42)(H,37,38,39). The number of benzene rings is 3. The van der Waals surface area contributed by atoms with Crippen molar-refractivity contribution in [3.8, 4) is 0 Å². The van der Waals surface area contributed by atoms with Crippen molar-refractivity contribution < 1.29 is 13.6 Å². The number of halogens is 2. The molecular formula is C32H29F2N7O2. The summed E-state index contributed by atoms with van der Waals surface area (Å²) in [5.74, 6) is -2.14. The van der Waals surface area contributed by atoms with Gasteiger partial charge < -0.3 is 20.1 Å². The van der Waals surface area contributed by atoms with Crippen LogP contribution in [-0.2, 0) is 13.1 Å². The second-order valence-electron chi connectivity index (χ2n) is 10.1. The van der Waals surface area contributed by atoms with Gasteiger partial charge in [0.1, 0.15) is 0 Å². The van der Waals surface area contributed by atoms with Crippen LogP contribution in [0.2, 0.25) is 0 Å². The predicted octanol–water partition coefficient (Wildman–Crippen LogP) is 4.76. The van der Waals surface area contributed by atoms with Crippen LogP contribution in [0, 0.1) is 11.6 Å². The van der Waals surface area contributed by atoms with E-state index in [1.807, 2.05) is 50.5 Å². The van der Waals surface area contributed by atoms with E-state index in [9.17, 15) is 18.4 Å². The summed E-state index contributed by atoms with van der Waals surface area (Å²) in [5, 5.41) is 6.74. The lowest BCUT2D eigenvalue weighted by Crippen LogP contribution is -2.34. The maximum Gasteiger partial charge on any atom is 0.282 e. The van der Waals surface area contributed by atoms with E-state index in [2.05, 4.69) is 42.6 Å². The zero-order chi connectivity index (χ0) is 30.3. The first-order chi connectivity index (χ1) is 20.7. The number of fused-ring (bicyclic) bond motifs is 1. The van der Waals surface area contributed by atoms with E-state index >= 15 is 0 Å². The highest BCUT2D eigenvalue weighted by Gasteiger charge is 2.14. The third kappa shape index (κ3) is 7.52. The highest BCUT2D eigenvalue weighted by Crippen LogP contribution is 2.19. The summed E-state index contributed by atoms with van der Waals surface area (Å²) in [6.45, 7) is 0.986. The maximum absolute atomic E-state index is 13.5. The lowest BCUT2D eigenvalue weighted by Gasteiger charge is -2.11. The van der Waals surface area contributed by atoms with Gasteiger partial charge in [0, 0.05) is 42.8 Å². The van der Waals surface area contributed by atoms with Crippen LogP contribution in [0.15, 0.2) is 90.1 Å². The van der Waals surface area contributed by atoms with Crippen LogP contribution in [-0.4, -0.2) is 51.0 Å². The number of amides is 1. The molecule has 0 aliphatic rings. The SMILES string of the molecule is CN(C)Cc1ccc(Nc2ncc3cc(C=CCNC(=O)c4nccn(Cc5ccc(F)c(F)c5)c4=O)ccc3n2)cc1. The average Bonchev–Trinajstić information content (AvgIpc) is 2.99. The van der Waals surface area contributed by atoms with Gasteiger partial charge in [-0.1, -0.05) is 36.4 Å². The molecule has 0 unspecified atom stereocenters. The number of hydrogen-bond acceptors (Lipinski definition) is 7. The Morgan fingerprint density at radius 1 is 0.977 bits per heavy atom. The molecule has 1 amide bonds. The molecule has 0 aliphatic heterocycles. The van der Waals surface area contributed by atoms with Crippen molar-refractivity contribution in [2.75, 3.05) is 26.0 Å². The Morgan fingerprint density at radius 3 is 2.53 bits per heavy atom. The van der Waals surface area contributed by atoms with E-state index in [1.54, 1.807) is 12.3 Å². The molecule has 11 heteroatoms. The Morgan fingerprint density at radius 2 is 1.77 bits per heavy atom. The van der Waals surface area contributed by atoms with E-state index in [1.165, 1.54) is 28.6 Å². The second kappa shape index (κ2) is 13.1. The molecule has 9 nitrogen and oxygen atoms in total. The summed E-state index contributed by atoms with van der Waals surface area (Å²) in [5.41, 5.74) is 3.22. The van der Waals surface area contributed by atoms with Gasteiger partial charge in [-0.3, -0.25) is 9.59 Å². The largest absolute Gasteiger partial charge is 0.347 e. The fourth-order valence-corrected chi connectivity index (χ4v) is 4.40. The minimum Gasteiger partial charge on any atom is -0.347 e. The average molecular weight is 582 g/mol. The van der Waals surface area contributed by atoms with Crippen LogP contribution in [0.3, 0.4) is 0 Å². The summed E-state index contributed by atoms with van der Waals surface area (Å²) in [6, 6.07) is 17.2. The molecule has 5 aromatic rings. The van der Waals surface area contributed by atoms with Crippen LogP contribution in [0.4, 0.5) is 20.4 Å². The van der Waals surface area contributed by atoms with Gasteiger partial charge in [0.2, 0.25) is 5.95 Å². The van der Waals surface area contributed by atoms with Gasteiger partial charge in [-0.15, -0.1) is 0 Å². The van der Waals surface area contributed by atoms with E-state index in [0.29, 0.717) is 11.5 Å². The minimum atomic E-state index is -1.01. The Hall–Kier alpha value is -5.29. The van der Waals surface area contributed by atoms with Gasteiger partial charge in [-0.2, -0.15) is 0 Å². The second-order valence-corrected chi connectivity index (χ2v) is 10.1. The van der Waals surface area contributed by atoms with Crippen LogP contribution in [0.1, 0.15) is 27.2 Å². The summed E-state index contributed by atoms with van der Waals surface area (Å²) in [6.07, 6.45) is 8.02. The molecule has 0 bridgehead atoms.